The molecule has 0 aromatic rings. The van der Waals surface area contributed by atoms with Crippen LogP contribution in [0.5, 0.6) is 0 Å². The molecule has 0 radical (unpaired) electrons. The predicted octanol–water partition coefficient (Wildman–Crippen LogP) is 0.287. The van der Waals surface area contributed by atoms with Crippen LogP contribution in [0.4, 0.5) is 0 Å². The average molecular weight is 227 g/mol. The molecule has 0 aliphatic carbocycles. The molecule has 1 aliphatic rings. The van der Waals surface area contributed by atoms with Gasteiger partial charge in [0.25, 0.3) is 0 Å². The van der Waals surface area contributed by atoms with E-state index >= 15 is 0 Å². The van der Waals surface area contributed by atoms with E-state index in [0.717, 1.165) is 0 Å². The number of ether oxygens (including phenoxy) is 1. The Morgan fingerprint density at radius 2 is 2.00 bits per heavy atom. The summed E-state index contributed by atoms with van der Waals surface area (Å²) in [6, 6.07) is 0. The molecule has 1 heterocycles. The maximum atomic E-state index is 12.1. The second-order valence-electron chi connectivity index (χ2n) is 5.13. The van der Waals surface area contributed by atoms with Crippen LogP contribution in [0.3, 0.4) is 0 Å². The molecule has 5 nitrogen and oxygen atoms in total. The number of hydrogen-bond acceptors (Lipinski definition) is 4. The Kier molecular flexibility index (Phi) is 3.07. The zero-order valence-corrected chi connectivity index (χ0v) is 10.4. The fourth-order valence-electron chi connectivity index (χ4n) is 2.54. The molecule has 0 saturated carbocycles. The van der Waals surface area contributed by atoms with Crippen molar-refractivity contribution in [3.63, 3.8) is 0 Å². The Hall–Kier alpha value is -1.04. The zero-order valence-electron chi connectivity index (χ0n) is 10.4. The van der Waals surface area contributed by atoms with Gasteiger partial charge in [0.15, 0.2) is 0 Å². The van der Waals surface area contributed by atoms with Crippen molar-refractivity contribution in [2.45, 2.75) is 39.6 Å². The largest absolute Gasteiger partial charge is 0.467 e. The van der Waals surface area contributed by atoms with Crippen LogP contribution < -0.4 is 0 Å². The molecule has 0 aromatic heterocycles. The van der Waals surface area contributed by atoms with Crippen LogP contribution >= 0.6 is 0 Å². The number of nitrogens with zero attached hydrogens (tertiary/aromatic N) is 1. The van der Waals surface area contributed by atoms with Crippen molar-refractivity contribution in [1.82, 2.24) is 4.81 Å². The van der Waals surface area contributed by atoms with Crippen LogP contribution in [0, 0.1) is 5.41 Å². The molecule has 0 aromatic carbocycles. The molecule has 1 atom stereocenters. The van der Waals surface area contributed by atoms with E-state index in [1.165, 1.54) is 18.7 Å². The summed E-state index contributed by atoms with van der Waals surface area (Å²) in [6.07, 6.45) is 0.344. The smallest absolute Gasteiger partial charge is 0.412 e. The summed E-state index contributed by atoms with van der Waals surface area (Å²) in [6.45, 7) is 6.62. The quantitative estimate of drug-likeness (QED) is 0.543. The highest BCUT2D eigenvalue weighted by molar-refractivity contribution is 6.50. The molecule has 0 bridgehead atoms. The van der Waals surface area contributed by atoms with Gasteiger partial charge >= 0.3 is 13.0 Å². The standard InChI is InChI=1S/C10H18BNO4/c1-9(2)6-10(3,8(14)16-5)12(7(9)13)11(4)15/h15H,6H2,1-5H3/t10-/m1/s1. The monoisotopic (exact) mass is 227 g/mol. The molecule has 16 heavy (non-hydrogen) atoms. The SMILES string of the molecule is COC(=O)[C@@]1(C)CC(C)(C)C(=O)N1B(C)O. The van der Waals surface area contributed by atoms with E-state index in [4.69, 9.17) is 4.74 Å². The molecular weight excluding hydrogens is 209 g/mol. The van der Waals surface area contributed by atoms with E-state index in [-0.39, 0.29) is 5.91 Å². The summed E-state index contributed by atoms with van der Waals surface area (Å²) >= 11 is 0. The first kappa shape index (κ1) is 13.0. The molecule has 1 fully saturated rings. The third-order valence-electron chi connectivity index (χ3n) is 3.11. The van der Waals surface area contributed by atoms with Crippen LogP contribution in [0.1, 0.15) is 27.2 Å². The van der Waals surface area contributed by atoms with Crippen molar-refractivity contribution in [2.75, 3.05) is 7.11 Å². The second-order valence-corrected chi connectivity index (χ2v) is 5.13. The lowest BCUT2D eigenvalue weighted by atomic mass is 9.79. The van der Waals surface area contributed by atoms with Gasteiger partial charge in [0.2, 0.25) is 5.91 Å². The normalized spacial score (nSPS) is 28.1. The molecule has 1 N–H and O–H groups in total. The maximum absolute atomic E-state index is 12.1. The van der Waals surface area contributed by atoms with Crippen LogP contribution in [-0.4, -0.2) is 41.4 Å². The molecule has 1 aliphatic heterocycles. The van der Waals surface area contributed by atoms with E-state index in [1.54, 1.807) is 20.8 Å². The maximum Gasteiger partial charge on any atom is 0.412 e. The molecule has 1 saturated heterocycles. The number of esters is 1. The highest BCUT2D eigenvalue weighted by Gasteiger charge is 2.58. The van der Waals surface area contributed by atoms with Gasteiger partial charge in [0, 0.05) is 5.41 Å². The molecule has 90 valence electrons. The number of rotatable bonds is 2. The first-order valence-electron chi connectivity index (χ1n) is 5.27. The number of methoxy groups -OCH3 is 1. The van der Waals surface area contributed by atoms with Gasteiger partial charge in [0.1, 0.15) is 5.54 Å². The number of carbonyl (C=O) groups excluding carboxylic acids is 2. The Labute approximate surface area is 95.9 Å². The van der Waals surface area contributed by atoms with Gasteiger partial charge < -0.3 is 14.6 Å². The zero-order chi connectivity index (χ0) is 12.7. The number of carbonyl (C=O) groups is 2. The fraction of sp³-hybridized carbons (Fsp3) is 0.800. The van der Waals surface area contributed by atoms with Gasteiger partial charge in [-0.2, -0.15) is 0 Å². The second kappa shape index (κ2) is 3.77. The minimum atomic E-state index is -1.08. The van der Waals surface area contributed by atoms with E-state index in [0.29, 0.717) is 6.42 Å². The Morgan fingerprint density at radius 3 is 2.38 bits per heavy atom. The van der Waals surface area contributed by atoms with Crippen molar-refractivity contribution in [3.05, 3.63) is 0 Å². The molecule has 1 rings (SSSR count). The lowest BCUT2D eigenvalue weighted by molar-refractivity contribution is -0.153. The van der Waals surface area contributed by atoms with Crippen molar-refractivity contribution < 1.29 is 19.3 Å². The van der Waals surface area contributed by atoms with Gasteiger partial charge in [-0.05, 0) is 20.2 Å². The van der Waals surface area contributed by atoms with Crippen molar-refractivity contribution in [3.8, 4) is 0 Å². The van der Waals surface area contributed by atoms with Gasteiger partial charge in [-0.25, -0.2) is 4.79 Å². The Balaban J connectivity index is 3.19. The molecule has 6 heteroatoms. The van der Waals surface area contributed by atoms with Crippen LogP contribution in [-0.2, 0) is 14.3 Å². The van der Waals surface area contributed by atoms with E-state index < -0.39 is 24.0 Å². The van der Waals surface area contributed by atoms with Gasteiger partial charge in [-0.15, -0.1) is 0 Å². The van der Waals surface area contributed by atoms with Crippen molar-refractivity contribution >= 4 is 18.9 Å². The van der Waals surface area contributed by atoms with Crippen molar-refractivity contribution in [2.24, 2.45) is 5.41 Å². The van der Waals surface area contributed by atoms with Gasteiger partial charge in [-0.1, -0.05) is 13.8 Å². The number of hydrogen-bond donors (Lipinski definition) is 1. The Bertz CT molecular complexity index is 329. The third kappa shape index (κ3) is 1.71. The summed E-state index contributed by atoms with van der Waals surface area (Å²) < 4.78 is 4.72. The minimum Gasteiger partial charge on any atom is -0.467 e. The van der Waals surface area contributed by atoms with Gasteiger partial charge in [-0.3, -0.25) is 4.79 Å². The Morgan fingerprint density at radius 1 is 1.50 bits per heavy atom. The van der Waals surface area contributed by atoms with Crippen LogP contribution in [0.15, 0.2) is 0 Å². The first-order valence-corrected chi connectivity index (χ1v) is 5.27. The summed E-state index contributed by atoms with van der Waals surface area (Å²) in [5, 5.41) is 9.63. The van der Waals surface area contributed by atoms with E-state index in [9.17, 15) is 14.6 Å². The lowest BCUT2D eigenvalue weighted by Gasteiger charge is -2.33. The van der Waals surface area contributed by atoms with E-state index in [2.05, 4.69) is 0 Å². The van der Waals surface area contributed by atoms with Gasteiger partial charge in [0.05, 0.1) is 7.11 Å². The van der Waals surface area contributed by atoms with Crippen LogP contribution in [0.2, 0.25) is 6.82 Å². The molecule has 0 unspecified atom stereocenters. The fourth-order valence-corrected chi connectivity index (χ4v) is 2.54. The predicted molar refractivity (Wildman–Crippen MR) is 59.5 cm³/mol. The highest BCUT2D eigenvalue weighted by atomic mass is 16.5. The summed E-state index contributed by atoms with van der Waals surface area (Å²) in [4.78, 5) is 25.0. The van der Waals surface area contributed by atoms with Crippen molar-refractivity contribution in [1.29, 1.82) is 0 Å². The topological polar surface area (TPSA) is 66.8 Å². The number of amides is 1. The molecule has 1 amide bonds. The lowest BCUT2D eigenvalue weighted by Crippen LogP contribution is -2.56. The third-order valence-corrected chi connectivity index (χ3v) is 3.11. The first-order chi connectivity index (χ1) is 7.16. The average Bonchev–Trinajstić information content (AvgIpc) is 2.32. The molecular formula is C10H18BNO4. The van der Waals surface area contributed by atoms with E-state index in [1.807, 2.05) is 0 Å². The van der Waals surface area contributed by atoms with Crippen LogP contribution in [0.25, 0.3) is 0 Å². The summed E-state index contributed by atoms with van der Waals surface area (Å²) in [5.74, 6) is -0.720. The molecule has 0 spiro atoms. The summed E-state index contributed by atoms with van der Waals surface area (Å²) in [7, 11) is 0.280. The highest BCUT2D eigenvalue weighted by Crippen LogP contribution is 2.43. The summed E-state index contributed by atoms with van der Waals surface area (Å²) in [5.41, 5.74) is -1.73. The minimum absolute atomic E-state index is 0.226.